The third kappa shape index (κ3) is 4.49. The summed E-state index contributed by atoms with van der Waals surface area (Å²) in [6.45, 7) is 5.39. The largest absolute Gasteiger partial charge is 0.359 e. The van der Waals surface area contributed by atoms with E-state index in [4.69, 9.17) is 5.73 Å². The van der Waals surface area contributed by atoms with Crippen molar-refractivity contribution >= 4 is 5.91 Å². The van der Waals surface area contributed by atoms with Gasteiger partial charge < -0.3 is 16.0 Å². The average molecular weight is 227 g/mol. The zero-order valence-electron chi connectivity index (χ0n) is 10.5. The molecular weight excluding hydrogens is 202 g/mol. The van der Waals surface area contributed by atoms with E-state index in [1.54, 1.807) is 7.05 Å². The first-order valence-corrected chi connectivity index (χ1v) is 6.32. The van der Waals surface area contributed by atoms with Crippen LogP contribution in [0, 0.1) is 5.92 Å². The highest BCUT2D eigenvalue weighted by Gasteiger charge is 2.22. The van der Waals surface area contributed by atoms with Crippen LogP contribution < -0.4 is 11.1 Å². The van der Waals surface area contributed by atoms with Crippen molar-refractivity contribution in [2.45, 2.75) is 38.6 Å². The van der Waals surface area contributed by atoms with Crippen LogP contribution in [0.4, 0.5) is 0 Å². The van der Waals surface area contributed by atoms with Crippen LogP contribution in [0.25, 0.3) is 0 Å². The van der Waals surface area contributed by atoms with Crippen molar-refractivity contribution < 1.29 is 4.79 Å². The highest BCUT2D eigenvalue weighted by atomic mass is 16.1. The number of piperidine rings is 1. The Morgan fingerprint density at radius 2 is 2.38 bits per heavy atom. The molecule has 16 heavy (non-hydrogen) atoms. The number of amides is 1. The van der Waals surface area contributed by atoms with E-state index in [0.717, 1.165) is 26.1 Å². The van der Waals surface area contributed by atoms with Gasteiger partial charge in [-0.15, -0.1) is 0 Å². The Kier molecular flexibility index (Phi) is 5.77. The van der Waals surface area contributed by atoms with Crippen LogP contribution in [0.5, 0.6) is 0 Å². The molecule has 1 fully saturated rings. The molecule has 0 radical (unpaired) electrons. The van der Waals surface area contributed by atoms with Gasteiger partial charge in [0.05, 0.1) is 0 Å². The third-order valence-corrected chi connectivity index (χ3v) is 3.44. The molecule has 2 atom stereocenters. The molecule has 0 saturated carbocycles. The monoisotopic (exact) mass is 227 g/mol. The lowest BCUT2D eigenvalue weighted by Crippen LogP contribution is -2.42. The number of nitrogens with zero attached hydrogens (tertiary/aromatic N) is 1. The van der Waals surface area contributed by atoms with E-state index in [0.29, 0.717) is 18.4 Å². The van der Waals surface area contributed by atoms with E-state index < -0.39 is 0 Å². The second-order valence-corrected chi connectivity index (χ2v) is 4.84. The maximum atomic E-state index is 11.1. The summed E-state index contributed by atoms with van der Waals surface area (Å²) >= 11 is 0. The lowest BCUT2D eigenvalue weighted by atomic mass is 9.92. The SMILES string of the molecule is CNC(=O)CCCN1CCCC(C(C)N)C1. The smallest absolute Gasteiger partial charge is 0.219 e. The summed E-state index contributed by atoms with van der Waals surface area (Å²) in [5.41, 5.74) is 5.94. The second-order valence-electron chi connectivity index (χ2n) is 4.84. The van der Waals surface area contributed by atoms with Gasteiger partial charge in [-0.25, -0.2) is 0 Å². The molecular formula is C12H25N3O. The lowest BCUT2D eigenvalue weighted by molar-refractivity contribution is -0.120. The number of carbonyl (C=O) groups excluding carboxylic acids is 1. The van der Waals surface area contributed by atoms with Crippen molar-refractivity contribution in [3.8, 4) is 0 Å². The van der Waals surface area contributed by atoms with Crippen LogP contribution in [-0.2, 0) is 4.79 Å². The molecule has 0 aromatic carbocycles. The van der Waals surface area contributed by atoms with Crippen LogP contribution in [0.1, 0.15) is 32.6 Å². The molecule has 0 spiro atoms. The van der Waals surface area contributed by atoms with E-state index in [-0.39, 0.29) is 5.91 Å². The summed E-state index contributed by atoms with van der Waals surface area (Å²) in [4.78, 5) is 13.5. The Labute approximate surface area is 98.6 Å². The van der Waals surface area contributed by atoms with Gasteiger partial charge in [0.1, 0.15) is 0 Å². The Bertz CT molecular complexity index is 218. The van der Waals surface area contributed by atoms with Crippen LogP contribution in [0.2, 0.25) is 0 Å². The highest BCUT2D eigenvalue weighted by Crippen LogP contribution is 2.18. The predicted octanol–water partition coefficient (Wildman–Crippen LogP) is 0.572. The molecule has 2 unspecified atom stereocenters. The molecule has 0 aromatic heterocycles. The Morgan fingerprint density at radius 1 is 1.62 bits per heavy atom. The number of rotatable bonds is 5. The average Bonchev–Trinajstić information content (AvgIpc) is 2.29. The summed E-state index contributed by atoms with van der Waals surface area (Å²) in [7, 11) is 1.69. The van der Waals surface area contributed by atoms with Gasteiger partial charge in [-0.2, -0.15) is 0 Å². The Morgan fingerprint density at radius 3 is 3.00 bits per heavy atom. The molecule has 1 rings (SSSR count). The van der Waals surface area contributed by atoms with E-state index >= 15 is 0 Å². The van der Waals surface area contributed by atoms with Crippen LogP contribution in [0.15, 0.2) is 0 Å². The van der Waals surface area contributed by atoms with Gasteiger partial charge in [-0.1, -0.05) is 0 Å². The maximum Gasteiger partial charge on any atom is 0.219 e. The summed E-state index contributed by atoms with van der Waals surface area (Å²) in [5.74, 6) is 0.773. The zero-order valence-corrected chi connectivity index (χ0v) is 10.5. The summed E-state index contributed by atoms with van der Waals surface area (Å²) in [6.07, 6.45) is 4.08. The number of hydrogen-bond donors (Lipinski definition) is 2. The minimum absolute atomic E-state index is 0.140. The number of hydrogen-bond acceptors (Lipinski definition) is 3. The standard InChI is InChI=1S/C12H25N3O/c1-10(13)11-5-3-7-15(9-11)8-4-6-12(16)14-2/h10-11H,3-9,13H2,1-2H3,(H,14,16). The van der Waals surface area contributed by atoms with Crippen molar-refractivity contribution in [2.75, 3.05) is 26.7 Å². The van der Waals surface area contributed by atoms with Gasteiger partial charge in [-0.3, -0.25) is 4.79 Å². The topological polar surface area (TPSA) is 58.4 Å². The zero-order chi connectivity index (χ0) is 12.0. The number of nitrogens with one attached hydrogen (secondary N) is 1. The normalized spacial score (nSPS) is 24.1. The van der Waals surface area contributed by atoms with Gasteiger partial charge in [0, 0.05) is 26.1 Å². The summed E-state index contributed by atoms with van der Waals surface area (Å²) in [6, 6.07) is 0.293. The third-order valence-electron chi connectivity index (χ3n) is 3.44. The highest BCUT2D eigenvalue weighted by molar-refractivity contribution is 5.75. The lowest BCUT2D eigenvalue weighted by Gasteiger charge is -2.34. The number of likely N-dealkylation sites (tertiary alicyclic amines) is 1. The molecule has 94 valence electrons. The molecule has 1 aliphatic heterocycles. The van der Waals surface area contributed by atoms with E-state index in [1.807, 2.05) is 0 Å². The van der Waals surface area contributed by atoms with Crippen molar-refractivity contribution in [3.63, 3.8) is 0 Å². The number of nitrogens with two attached hydrogens (primary N) is 1. The molecule has 0 aromatic rings. The van der Waals surface area contributed by atoms with Gasteiger partial charge in [-0.05, 0) is 45.2 Å². The van der Waals surface area contributed by atoms with Crippen molar-refractivity contribution in [1.82, 2.24) is 10.2 Å². The summed E-state index contributed by atoms with van der Waals surface area (Å²) < 4.78 is 0. The van der Waals surface area contributed by atoms with Crippen molar-refractivity contribution in [3.05, 3.63) is 0 Å². The van der Waals surface area contributed by atoms with Gasteiger partial charge in [0.2, 0.25) is 5.91 Å². The van der Waals surface area contributed by atoms with Crippen LogP contribution in [0.3, 0.4) is 0 Å². The molecule has 0 aliphatic carbocycles. The fourth-order valence-electron chi connectivity index (χ4n) is 2.31. The van der Waals surface area contributed by atoms with E-state index in [9.17, 15) is 4.79 Å². The Hall–Kier alpha value is -0.610. The molecule has 0 bridgehead atoms. The van der Waals surface area contributed by atoms with Crippen LogP contribution >= 0.6 is 0 Å². The molecule has 3 N–H and O–H groups in total. The fourth-order valence-corrected chi connectivity index (χ4v) is 2.31. The molecule has 1 aliphatic rings. The van der Waals surface area contributed by atoms with Gasteiger partial charge >= 0.3 is 0 Å². The second kappa shape index (κ2) is 6.86. The molecule has 4 nitrogen and oxygen atoms in total. The fraction of sp³-hybridized carbons (Fsp3) is 0.917. The quantitative estimate of drug-likeness (QED) is 0.722. The first kappa shape index (κ1) is 13.5. The first-order valence-electron chi connectivity index (χ1n) is 6.32. The van der Waals surface area contributed by atoms with Gasteiger partial charge in [0.25, 0.3) is 0 Å². The van der Waals surface area contributed by atoms with Crippen molar-refractivity contribution in [2.24, 2.45) is 11.7 Å². The van der Waals surface area contributed by atoms with Gasteiger partial charge in [0.15, 0.2) is 0 Å². The molecule has 4 heteroatoms. The predicted molar refractivity (Wildman–Crippen MR) is 66.1 cm³/mol. The number of carbonyl (C=O) groups is 1. The Balaban J connectivity index is 2.19. The summed E-state index contributed by atoms with van der Waals surface area (Å²) in [5, 5.41) is 2.65. The van der Waals surface area contributed by atoms with E-state index in [1.165, 1.54) is 12.8 Å². The van der Waals surface area contributed by atoms with Crippen molar-refractivity contribution in [1.29, 1.82) is 0 Å². The first-order chi connectivity index (χ1) is 7.63. The molecule has 1 heterocycles. The van der Waals surface area contributed by atoms with Crippen LogP contribution in [-0.4, -0.2) is 43.5 Å². The molecule has 1 saturated heterocycles. The maximum absolute atomic E-state index is 11.1. The molecule has 1 amide bonds. The minimum atomic E-state index is 0.140. The van der Waals surface area contributed by atoms with E-state index in [2.05, 4.69) is 17.1 Å². The minimum Gasteiger partial charge on any atom is -0.359 e.